The van der Waals surface area contributed by atoms with Gasteiger partial charge in [-0.25, -0.2) is 13.6 Å². The number of nitrogens with zero attached hydrogens (tertiary/aromatic N) is 4. The highest BCUT2D eigenvalue weighted by atomic mass is 32.1. The summed E-state index contributed by atoms with van der Waals surface area (Å²) >= 11 is 1.23. The average Bonchev–Trinajstić information content (AvgIpc) is 2.59. The molecule has 0 aliphatic carbocycles. The number of carbonyl (C=O) groups is 1. The number of aromatic nitrogens is 3. The van der Waals surface area contributed by atoms with Gasteiger partial charge in [0.15, 0.2) is 0 Å². The Bertz CT molecular complexity index is 509. The van der Waals surface area contributed by atoms with Crippen LogP contribution in [-0.4, -0.2) is 26.5 Å². The average molecular weight is 224 g/mol. The molecule has 0 aromatic carbocycles. The molecule has 0 saturated heterocycles. The minimum atomic E-state index is -0.628. The zero-order valence-electron chi connectivity index (χ0n) is 7.95. The van der Waals surface area contributed by atoms with Crippen LogP contribution >= 0.6 is 11.5 Å². The van der Waals surface area contributed by atoms with Crippen LogP contribution < -0.4 is 4.80 Å². The minimum Gasteiger partial charge on any atom is -0.448 e. The number of amides is 1. The van der Waals surface area contributed by atoms with Crippen molar-refractivity contribution in [3.8, 4) is 0 Å². The van der Waals surface area contributed by atoms with Crippen molar-refractivity contribution in [2.45, 2.75) is 6.92 Å². The van der Waals surface area contributed by atoms with Gasteiger partial charge in [0, 0.05) is 12.4 Å². The molecule has 0 radical (unpaired) electrons. The summed E-state index contributed by atoms with van der Waals surface area (Å²) in [6.07, 6.45) is 2.80. The van der Waals surface area contributed by atoms with Gasteiger partial charge >= 0.3 is 6.09 Å². The van der Waals surface area contributed by atoms with Gasteiger partial charge in [-0.15, -0.1) is 4.99 Å². The molecule has 0 aliphatic rings. The monoisotopic (exact) mass is 224 g/mol. The number of rotatable bonds is 1. The predicted molar refractivity (Wildman–Crippen MR) is 53.4 cm³/mol. The maximum absolute atomic E-state index is 11.0. The van der Waals surface area contributed by atoms with Crippen LogP contribution in [0.15, 0.2) is 23.5 Å². The van der Waals surface area contributed by atoms with Gasteiger partial charge in [0.2, 0.25) is 10.6 Å². The number of fused-ring (bicyclic) bond motifs is 1. The van der Waals surface area contributed by atoms with Crippen molar-refractivity contribution in [3.05, 3.63) is 23.3 Å². The quantitative estimate of drug-likeness (QED) is 0.720. The van der Waals surface area contributed by atoms with Crippen molar-refractivity contribution in [1.29, 1.82) is 0 Å². The van der Waals surface area contributed by atoms with Crippen LogP contribution in [0.5, 0.6) is 0 Å². The zero-order chi connectivity index (χ0) is 10.7. The molecule has 0 unspecified atom stereocenters. The maximum Gasteiger partial charge on any atom is 0.436 e. The fourth-order valence-corrected chi connectivity index (χ4v) is 1.69. The third kappa shape index (κ3) is 2.18. The molecule has 2 heterocycles. The first-order chi connectivity index (χ1) is 7.29. The highest BCUT2D eigenvalue weighted by Crippen LogP contribution is 1.95. The molecule has 0 N–H and O–H groups in total. The molecule has 0 spiro atoms. The summed E-state index contributed by atoms with van der Waals surface area (Å²) in [7, 11) is 0. The highest BCUT2D eigenvalue weighted by Gasteiger charge is 2.00. The Morgan fingerprint density at radius 2 is 2.60 bits per heavy atom. The van der Waals surface area contributed by atoms with Crippen LogP contribution in [0, 0.1) is 0 Å². The van der Waals surface area contributed by atoms with E-state index in [2.05, 4.69) is 19.7 Å². The molecule has 0 saturated carbocycles. The van der Waals surface area contributed by atoms with Crippen LogP contribution in [0.1, 0.15) is 6.92 Å². The lowest BCUT2D eigenvalue weighted by Gasteiger charge is -1.90. The van der Waals surface area contributed by atoms with E-state index in [1.165, 1.54) is 11.5 Å². The van der Waals surface area contributed by atoms with E-state index in [1.807, 2.05) is 0 Å². The first-order valence-electron chi connectivity index (χ1n) is 4.32. The molecule has 15 heavy (non-hydrogen) atoms. The Morgan fingerprint density at radius 3 is 3.33 bits per heavy atom. The Balaban J connectivity index is 2.40. The standard InChI is InChI=1S/C8H8N4O2S/c1-2-14-8(13)11-7-10-6-9-4-3-5-12(6)15-7/h3-5H,2H2,1H3/b11-7+. The number of carbonyl (C=O) groups excluding carboxylic acids is 1. The molecule has 6 nitrogen and oxygen atoms in total. The van der Waals surface area contributed by atoms with E-state index in [0.29, 0.717) is 17.2 Å². The third-order valence-corrected chi connectivity index (χ3v) is 2.35. The Labute approximate surface area is 89.0 Å². The van der Waals surface area contributed by atoms with Gasteiger partial charge in [0.05, 0.1) is 6.61 Å². The second-order valence-electron chi connectivity index (χ2n) is 2.54. The molecule has 0 atom stereocenters. The normalized spacial score (nSPS) is 11.9. The summed E-state index contributed by atoms with van der Waals surface area (Å²) in [4.78, 5) is 23.1. The lowest BCUT2D eigenvalue weighted by Crippen LogP contribution is -2.06. The zero-order valence-corrected chi connectivity index (χ0v) is 8.77. The Morgan fingerprint density at radius 1 is 1.73 bits per heavy atom. The second-order valence-corrected chi connectivity index (χ2v) is 3.48. The molecule has 7 heteroatoms. The van der Waals surface area contributed by atoms with Crippen molar-refractivity contribution in [2.75, 3.05) is 6.61 Å². The van der Waals surface area contributed by atoms with E-state index in [0.717, 1.165) is 0 Å². The summed E-state index contributed by atoms with van der Waals surface area (Å²) in [5.41, 5.74) is 0. The topological polar surface area (TPSA) is 68.8 Å². The van der Waals surface area contributed by atoms with Crippen LogP contribution in [0.4, 0.5) is 4.79 Å². The molecule has 0 fully saturated rings. The largest absolute Gasteiger partial charge is 0.448 e. The first kappa shape index (κ1) is 9.78. The molecule has 2 rings (SSSR count). The van der Waals surface area contributed by atoms with Gasteiger partial charge in [-0.1, -0.05) is 0 Å². The lowest BCUT2D eigenvalue weighted by atomic mass is 10.7. The van der Waals surface area contributed by atoms with Gasteiger partial charge < -0.3 is 4.74 Å². The van der Waals surface area contributed by atoms with E-state index >= 15 is 0 Å². The summed E-state index contributed by atoms with van der Waals surface area (Å²) in [5, 5.41) is 0. The van der Waals surface area contributed by atoms with Gasteiger partial charge in [0.1, 0.15) is 0 Å². The highest BCUT2D eigenvalue weighted by molar-refractivity contribution is 7.03. The Kier molecular flexibility index (Phi) is 2.72. The van der Waals surface area contributed by atoms with Gasteiger partial charge in [-0.2, -0.15) is 4.98 Å². The first-order valence-corrected chi connectivity index (χ1v) is 5.09. The maximum atomic E-state index is 11.0. The smallest absolute Gasteiger partial charge is 0.436 e. The van der Waals surface area contributed by atoms with E-state index in [-0.39, 0.29) is 0 Å². The van der Waals surface area contributed by atoms with Gasteiger partial charge in [0.25, 0.3) is 0 Å². The molecule has 2 aromatic rings. The minimum absolute atomic E-state index is 0.304. The van der Waals surface area contributed by atoms with Crippen molar-refractivity contribution in [1.82, 2.24) is 13.8 Å². The number of hydrogen-bond donors (Lipinski definition) is 0. The van der Waals surface area contributed by atoms with Crippen molar-refractivity contribution >= 4 is 23.4 Å². The molecule has 1 amide bonds. The molecule has 78 valence electrons. The molecular formula is C8H8N4O2S. The van der Waals surface area contributed by atoms with Crippen molar-refractivity contribution in [3.63, 3.8) is 0 Å². The fraction of sp³-hybridized carbons (Fsp3) is 0.250. The molecule has 0 bridgehead atoms. The SMILES string of the molecule is CCOC(=O)/N=c1\nc2ncccn2s1. The van der Waals surface area contributed by atoms with Crippen LogP contribution in [0.3, 0.4) is 0 Å². The predicted octanol–water partition coefficient (Wildman–Crippen LogP) is 0.848. The van der Waals surface area contributed by atoms with Crippen LogP contribution in [0.2, 0.25) is 0 Å². The second kappa shape index (κ2) is 4.18. The van der Waals surface area contributed by atoms with Crippen LogP contribution in [-0.2, 0) is 4.74 Å². The summed E-state index contributed by atoms with van der Waals surface area (Å²) in [6, 6.07) is 1.78. The van der Waals surface area contributed by atoms with E-state index in [4.69, 9.17) is 0 Å². The summed E-state index contributed by atoms with van der Waals surface area (Å²) < 4.78 is 6.39. The Hall–Kier alpha value is -1.76. The number of ether oxygens (including phenoxy) is 1. The van der Waals surface area contributed by atoms with E-state index < -0.39 is 6.09 Å². The number of hydrogen-bond acceptors (Lipinski definition) is 5. The van der Waals surface area contributed by atoms with Crippen molar-refractivity contribution in [2.24, 2.45) is 4.99 Å². The summed E-state index contributed by atoms with van der Waals surface area (Å²) in [6.45, 7) is 2.03. The fourth-order valence-electron chi connectivity index (χ4n) is 0.973. The molecule has 2 aromatic heterocycles. The van der Waals surface area contributed by atoms with Gasteiger partial charge in [-0.05, 0) is 24.5 Å². The third-order valence-electron chi connectivity index (χ3n) is 1.53. The molecular weight excluding hydrogens is 216 g/mol. The van der Waals surface area contributed by atoms with Crippen LogP contribution in [0.25, 0.3) is 5.78 Å². The lowest BCUT2D eigenvalue weighted by molar-refractivity contribution is 0.162. The van der Waals surface area contributed by atoms with Crippen molar-refractivity contribution < 1.29 is 9.53 Å². The summed E-state index contributed by atoms with van der Waals surface area (Å²) in [5.74, 6) is 0.519. The van der Waals surface area contributed by atoms with Gasteiger partial charge in [-0.3, -0.25) is 0 Å². The molecule has 0 aliphatic heterocycles. The van der Waals surface area contributed by atoms with E-state index in [1.54, 1.807) is 29.2 Å². The van der Waals surface area contributed by atoms with E-state index in [9.17, 15) is 4.79 Å².